The van der Waals surface area contributed by atoms with Crippen LogP contribution in [-0.2, 0) is 10.0 Å². The number of nitrogens with one attached hydrogen (secondary N) is 1. The molecule has 0 bridgehead atoms. The van der Waals surface area contributed by atoms with Crippen LogP contribution in [0, 0.1) is 30.1 Å². The first-order valence-corrected chi connectivity index (χ1v) is 8.90. The van der Waals surface area contributed by atoms with Crippen LogP contribution in [-0.4, -0.2) is 14.5 Å². The van der Waals surface area contributed by atoms with E-state index in [4.69, 9.17) is 5.26 Å². The zero-order chi connectivity index (χ0) is 15.6. The van der Waals surface area contributed by atoms with Crippen molar-refractivity contribution in [3.8, 4) is 6.07 Å². The van der Waals surface area contributed by atoms with Gasteiger partial charge in [-0.1, -0.05) is 26.3 Å². The largest absolute Gasteiger partial charge is 0.241 e. The van der Waals surface area contributed by atoms with Crippen molar-refractivity contribution in [1.29, 1.82) is 5.26 Å². The summed E-state index contributed by atoms with van der Waals surface area (Å²) in [5.41, 5.74) is 1.03. The minimum atomic E-state index is -3.57. The van der Waals surface area contributed by atoms with Gasteiger partial charge >= 0.3 is 0 Å². The highest BCUT2D eigenvalue weighted by molar-refractivity contribution is 7.89. The van der Waals surface area contributed by atoms with Gasteiger partial charge in [0.15, 0.2) is 0 Å². The lowest BCUT2D eigenvalue weighted by molar-refractivity contribution is 0.368. The molecule has 1 aliphatic carbocycles. The molecule has 3 unspecified atom stereocenters. The van der Waals surface area contributed by atoms with Crippen LogP contribution in [0.4, 0.5) is 0 Å². The first-order chi connectivity index (χ1) is 9.89. The van der Waals surface area contributed by atoms with E-state index in [-0.39, 0.29) is 10.9 Å². The quantitative estimate of drug-likeness (QED) is 0.929. The van der Waals surface area contributed by atoms with Gasteiger partial charge in [-0.25, -0.2) is 13.1 Å². The Kier molecular flexibility index (Phi) is 4.70. The summed E-state index contributed by atoms with van der Waals surface area (Å²) in [5.74, 6) is 0.938. The lowest BCUT2D eigenvalue weighted by Crippen LogP contribution is -2.37. The zero-order valence-corrected chi connectivity index (χ0v) is 13.6. The minimum Gasteiger partial charge on any atom is -0.208 e. The van der Waals surface area contributed by atoms with Gasteiger partial charge in [-0.05, 0) is 49.3 Å². The first-order valence-electron chi connectivity index (χ1n) is 7.42. The molecule has 21 heavy (non-hydrogen) atoms. The molecule has 4 nitrogen and oxygen atoms in total. The van der Waals surface area contributed by atoms with Crippen LogP contribution in [0.5, 0.6) is 0 Å². The van der Waals surface area contributed by atoms with Crippen molar-refractivity contribution in [2.75, 3.05) is 0 Å². The van der Waals surface area contributed by atoms with Crippen LogP contribution in [0.2, 0.25) is 0 Å². The van der Waals surface area contributed by atoms with Crippen LogP contribution in [0.3, 0.4) is 0 Å². The third-order valence-electron chi connectivity index (χ3n) is 4.66. The number of hydrogen-bond donors (Lipinski definition) is 1. The number of benzene rings is 1. The van der Waals surface area contributed by atoms with Crippen molar-refractivity contribution in [1.82, 2.24) is 4.72 Å². The molecule has 1 aromatic carbocycles. The van der Waals surface area contributed by atoms with Gasteiger partial charge in [-0.15, -0.1) is 0 Å². The van der Waals surface area contributed by atoms with E-state index in [2.05, 4.69) is 18.6 Å². The predicted molar refractivity (Wildman–Crippen MR) is 82.2 cm³/mol. The molecule has 1 N–H and O–H groups in total. The predicted octanol–water partition coefficient (Wildman–Crippen LogP) is 2.97. The van der Waals surface area contributed by atoms with Crippen LogP contribution in [0.25, 0.3) is 0 Å². The molecule has 3 atom stereocenters. The fraction of sp³-hybridized carbons (Fsp3) is 0.562. The van der Waals surface area contributed by atoms with Gasteiger partial charge < -0.3 is 0 Å². The lowest BCUT2D eigenvalue weighted by Gasteiger charge is -2.21. The van der Waals surface area contributed by atoms with Gasteiger partial charge in [0.1, 0.15) is 0 Å². The Morgan fingerprint density at radius 2 is 2.10 bits per heavy atom. The highest BCUT2D eigenvalue weighted by Gasteiger charge is 2.34. The van der Waals surface area contributed by atoms with Crippen molar-refractivity contribution >= 4 is 10.0 Å². The van der Waals surface area contributed by atoms with Gasteiger partial charge in [0.2, 0.25) is 10.0 Å². The van der Waals surface area contributed by atoms with Crippen LogP contribution < -0.4 is 4.72 Å². The molecule has 1 aliphatic rings. The molecule has 0 aliphatic heterocycles. The first kappa shape index (κ1) is 16.0. The van der Waals surface area contributed by atoms with Crippen molar-refractivity contribution in [2.45, 2.75) is 51.0 Å². The number of nitriles is 1. The molecule has 0 heterocycles. The lowest BCUT2D eigenvalue weighted by atomic mass is 9.94. The van der Waals surface area contributed by atoms with E-state index < -0.39 is 10.0 Å². The van der Waals surface area contributed by atoms with Crippen molar-refractivity contribution in [3.63, 3.8) is 0 Å². The molecule has 0 amide bonds. The maximum atomic E-state index is 12.6. The topological polar surface area (TPSA) is 70.0 Å². The highest BCUT2D eigenvalue weighted by atomic mass is 32.2. The van der Waals surface area contributed by atoms with E-state index in [0.717, 1.165) is 19.3 Å². The maximum Gasteiger partial charge on any atom is 0.241 e. The van der Waals surface area contributed by atoms with Gasteiger partial charge in [-0.2, -0.15) is 5.26 Å². The second-order valence-corrected chi connectivity index (χ2v) is 7.61. The SMILES string of the molecule is CCC1CCC(NS(=O)(=O)c2cc(C#N)ccc2C)C1C. The number of aryl methyl sites for hydroxylation is 1. The summed E-state index contributed by atoms with van der Waals surface area (Å²) in [7, 11) is -3.57. The minimum absolute atomic E-state index is 0.00917. The molecular weight excluding hydrogens is 284 g/mol. The van der Waals surface area contributed by atoms with E-state index in [9.17, 15) is 8.42 Å². The molecule has 5 heteroatoms. The Balaban J connectivity index is 2.26. The fourth-order valence-corrected chi connectivity index (χ4v) is 4.84. The second-order valence-electron chi connectivity index (χ2n) is 5.92. The Morgan fingerprint density at radius 3 is 2.67 bits per heavy atom. The average molecular weight is 306 g/mol. The van der Waals surface area contributed by atoms with E-state index in [1.54, 1.807) is 19.1 Å². The average Bonchev–Trinajstić information content (AvgIpc) is 2.79. The third-order valence-corrected chi connectivity index (χ3v) is 6.30. The Bertz CT molecular complexity index is 661. The summed E-state index contributed by atoms with van der Waals surface area (Å²) < 4.78 is 28.0. The van der Waals surface area contributed by atoms with Crippen LogP contribution >= 0.6 is 0 Å². The Hall–Kier alpha value is -1.38. The number of rotatable bonds is 4. The Morgan fingerprint density at radius 1 is 1.38 bits per heavy atom. The van der Waals surface area contributed by atoms with E-state index in [0.29, 0.717) is 23.0 Å². The van der Waals surface area contributed by atoms with Gasteiger partial charge in [0.25, 0.3) is 0 Å². The van der Waals surface area contributed by atoms with Gasteiger partial charge in [-0.3, -0.25) is 0 Å². The van der Waals surface area contributed by atoms with Crippen LogP contribution in [0.15, 0.2) is 23.1 Å². The van der Waals surface area contributed by atoms with Gasteiger partial charge in [0, 0.05) is 6.04 Å². The molecule has 1 saturated carbocycles. The van der Waals surface area contributed by atoms with E-state index in [1.165, 1.54) is 6.07 Å². The van der Waals surface area contributed by atoms with Crippen LogP contribution in [0.1, 0.15) is 44.2 Å². The fourth-order valence-electron chi connectivity index (χ4n) is 3.21. The molecule has 114 valence electrons. The molecule has 1 aromatic rings. The summed E-state index contributed by atoms with van der Waals surface area (Å²) in [6, 6.07) is 6.76. The third kappa shape index (κ3) is 3.28. The van der Waals surface area contributed by atoms with Crippen molar-refractivity contribution in [3.05, 3.63) is 29.3 Å². The van der Waals surface area contributed by atoms with Gasteiger partial charge in [0.05, 0.1) is 16.5 Å². The monoisotopic (exact) mass is 306 g/mol. The molecule has 1 fully saturated rings. The summed E-state index contributed by atoms with van der Waals surface area (Å²) in [4.78, 5) is 0.216. The molecular formula is C16H22N2O2S. The maximum absolute atomic E-state index is 12.6. The standard InChI is InChI=1S/C16H22N2O2S/c1-4-14-7-8-15(12(14)3)18-21(19,20)16-9-13(10-17)6-5-11(16)2/h5-6,9,12,14-15,18H,4,7-8H2,1-3H3. The normalized spacial score (nSPS) is 25.7. The molecule has 2 rings (SSSR count). The summed E-state index contributed by atoms with van der Waals surface area (Å²) in [6.07, 6.45) is 3.04. The zero-order valence-electron chi connectivity index (χ0n) is 12.8. The summed E-state index contributed by atoms with van der Waals surface area (Å²) in [6.45, 7) is 6.02. The summed E-state index contributed by atoms with van der Waals surface area (Å²) >= 11 is 0. The molecule has 0 spiro atoms. The molecule has 0 saturated heterocycles. The molecule has 0 aromatic heterocycles. The van der Waals surface area contributed by atoms with Crippen molar-refractivity contribution < 1.29 is 8.42 Å². The molecule has 0 radical (unpaired) electrons. The number of sulfonamides is 1. The Labute approximate surface area is 127 Å². The van der Waals surface area contributed by atoms with Crippen molar-refractivity contribution in [2.24, 2.45) is 11.8 Å². The smallest absolute Gasteiger partial charge is 0.208 e. The number of nitrogens with zero attached hydrogens (tertiary/aromatic N) is 1. The highest BCUT2D eigenvalue weighted by Crippen LogP contribution is 2.34. The van der Waals surface area contributed by atoms with E-state index in [1.807, 2.05) is 6.07 Å². The van der Waals surface area contributed by atoms with E-state index >= 15 is 0 Å². The summed E-state index contributed by atoms with van der Waals surface area (Å²) in [5, 5.41) is 8.95. The second kappa shape index (κ2) is 6.17. The number of hydrogen-bond acceptors (Lipinski definition) is 3.